The fourth-order valence-electron chi connectivity index (χ4n) is 3.71. The highest BCUT2D eigenvalue weighted by atomic mass is 32.2. The number of nitrogens with one attached hydrogen (secondary N) is 2. The summed E-state index contributed by atoms with van der Waals surface area (Å²) in [4.78, 5) is 22.0. The molecular weight excluding hydrogens is 473 g/mol. The molecule has 2 aliphatic heterocycles. The van der Waals surface area contributed by atoms with Crippen LogP contribution < -0.4 is 18.9 Å². The van der Waals surface area contributed by atoms with Crippen LogP contribution in [0.3, 0.4) is 0 Å². The van der Waals surface area contributed by atoms with Gasteiger partial charge < -0.3 is 18.6 Å². The lowest BCUT2D eigenvalue weighted by Crippen LogP contribution is -2.63. The van der Waals surface area contributed by atoms with E-state index in [-0.39, 0.29) is 37.1 Å². The van der Waals surface area contributed by atoms with E-state index >= 15 is 4.39 Å². The Kier molecular flexibility index (Phi) is 5.34. The van der Waals surface area contributed by atoms with Crippen molar-refractivity contribution in [2.45, 2.75) is 12.1 Å². The molecule has 3 aromatic rings. The summed E-state index contributed by atoms with van der Waals surface area (Å²) in [5.41, 5.74) is -0.199. The number of halogens is 1. The maximum atomic E-state index is 15.1. The Bertz CT molecular complexity index is 1350. The first kappa shape index (κ1) is 22.1. The second kappa shape index (κ2) is 8.23. The Morgan fingerprint density at radius 2 is 2.06 bits per heavy atom. The van der Waals surface area contributed by atoms with E-state index < -0.39 is 33.5 Å². The molecule has 1 aromatic carbocycles. The highest BCUT2D eigenvalue weighted by Gasteiger charge is 2.53. The first-order chi connectivity index (χ1) is 16.3. The van der Waals surface area contributed by atoms with Crippen molar-refractivity contribution in [3.05, 3.63) is 59.9 Å². The van der Waals surface area contributed by atoms with Gasteiger partial charge in [0.25, 0.3) is 10.2 Å². The number of benzene rings is 1. The van der Waals surface area contributed by atoms with Gasteiger partial charge in [0, 0.05) is 30.4 Å². The van der Waals surface area contributed by atoms with E-state index in [9.17, 15) is 13.2 Å². The Hall–Kier alpha value is -3.75. The lowest BCUT2D eigenvalue weighted by Gasteiger charge is -2.51. The van der Waals surface area contributed by atoms with E-state index in [2.05, 4.69) is 9.97 Å². The molecular formula is C20H18FN5O7S. The molecule has 14 heteroatoms. The topological polar surface area (TPSA) is 145 Å². The standard InChI is InChI=1S/C20H18FN5O7S/c1-22-34(28,29)25-17-16(21)12(4-5-23-17)9-26-19(27)33-15-8-13(32-18-24-6-7-31-18)2-3-14(15)20(26)10-30-11-20/h2-8,22H,9-11H2,1H3,(H,23,25). The summed E-state index contributed by atoms with van der Waals surface area (Å²) in [6.45, 7) is 0.126. The Balaban J connectivity index is 1.45. The monoisotopic (exact) mass is 491 g/mol. The summed E-state index contributed by atoms with van der Waals surface area (Å²) in [5, 5.41) is 0. The summed E-state index contributed by atoms with van der Waals surface area (Å²) in [6.07, 6.45) is 3.34. The lowest BCUT2D eigenvalue weighted by molar-refractivity contribution is -0.143. The third kappa shape index (κ3) is 3.81. The molecule has 0 bridgehead atoms. The van der Waals surface area contributed by atoms with E-state index in [1.807, 2.05) is 9.44 Å². The number of ether oxygens (including phenoxy) is 3. The molecule has 1 fully saturated rings. The molecule has 2 aliphatic rings. The van der Waals surface area contributed by atoms with Crippen molar-refractivity contribution in [1.82, 2.24) is 19.6 Å². The third-order valence-corrected chi connectivity index (χ3v) is 6.48. The Morgan fingerprint density at radius 1 is 1.24 bits per heavy atom. The quantitative estimate of drug-likeness (QED) is 0.507. The molecule has 2 aromatic heterocycles. The van der Waals surface area contributed by atoms with Crippen LogP contribution >= 0.6 is 0 Å². The number of hydrogen-bond acceptors (Lipinski definition) is 9. The van der Waals surface area contributed by atoms with Gasteiger partial charge in [-0.3, -0.25) is 9.62 Å². The smallest absolute Gasteiger partial charge is 0.416 e. The summed E-state index contributed by atoms with van der Waals surface area (Å²) < 4.78 is 64.1. The van der Waals surface area contributed by atoms with Crippen LogP contribution in [0, 0.1) is 5.82 Å². The first-order valence-corrected chi connectivity index (χ1v) is 11.4. The van der Waals surface area contributed by atoms with Gasteiger partial charge in [0.1, 0.15) is 23.3 Å². The largest absolute Gasteiger partial charge is 0.417 e. The van der Waals surface area contributed by atoms with Gasteiger partial charge in [0.05, 0.1) is 26.0 Å². The number of pyridine rings is 1. The van der Waals surface area contributed by atoms with Crippen LogP contribution in [0.2, 0.25) is 0 Å². The molecule has 5 rings (SSSR count). The van der Waals surface area contributed by atoms with Crippen LogP contribution in [0.4, 0.5) is 15.0 Å². The minimum Gasteiger partial charge on any atom is -0.417 e. The van der Waals surface area contributed by atoms with E-state index in [0.29, 0.717) is 11.3 Å². The van der Waals surface area contributed by atoms with Crippen molar-refractivity contribution in [1.29, 1.82) is 0 Å². The molecule has 4 heterocycles. The van der Waals surface area contributed by atoms with Crippen molar-refractivity contribution in [2.75, 3.05) is 25.0 Å². The van der Waals surface area contributed by atoms with Gasteiger partial charge in [-0.25, -0.2) is 18.9 Å². The molecule has 0 unspecified atom stereocenters. The number of oxazole rings is 1. The molecule has 0 saturated carbocycles. The maximum Gasteiger partial charge on any atom is 0.416 e. The fraction of sp³-hybridized carbons (Fsp3) is 0.250. The van der Waals surface area contributed by atoms with E-state index in [4.69, 9.17) is 18.6 Å². The van der Waals surface area contributed by atoms with Gasteiger partial charge in [-0.15, -0.1) is 0 Å². The van der Waals surface area contributed by atoms with E-state index in [1.165, 1.54) is 42.7 Å². The van der Waals surface area contributed by atoms with Crippen LogP contribution in [-0.2, 0) is 27.0 Å². The van der Waals surface area contributed by atoms with Crippen LogP contribution in [-0.4, -0.2) is 49.6 Å². The molecule has 12 nitrogen and oxygen atoms in total. The van der Waals surface area contributed by atoms with Gasteiger partial charge in [0.2, 0.25) is 0 Å². The number of carbonyl (C=O) groups excluding carboxylic acids is 1. The summed E-state index contributed by atoms with van der Waals surface area (Å²) in [7, 11) is -2.81. The predicted octanol–water partition coefficient (Wildman–Crippen LogP) is 2.12. The Labute approximate surface area is 192 Å². The second-order valence-electron chi connectivity index (χ2n) is 7.48. The van der Waals surface area contributed by atoms with E-state index in [1.54, 1.807) is 12.1 Å². The van der Waals surface area contributed by atoms with Gasteiger partial charge in [-0.1, -0.05) is 0 Å². The zero-order valence-corrected chi connectivity index (χ0v) is 18.5. The third-order valence-electron chi connectivity index (χ3n) is 5.48. The average Bonchev–Trinajstić information content (AvgIpc) is 3.28. The zero-order chi connectivity index (χ0) is 23.9. The van der Waals surface area contributed by atoms with Gasteiger partial charge in [-0.2, -0.15) is 13.4 Å². The highest BCUT2D eigenvalue weighted by Crippen LogP contribution is 2.47. The SMILES string of the molecule is CNS(=O)(=O)Nc1nccc(CN2C(=O)Oc3cc(Oc4ncco4)ccc3C23COC3)c1F. The second-order valence-corrected chi connectivity index (χ2v) is 9.10. The molecule has 0 aliphatic carbocycles. The number of carbonyl (C=O) groups is 1. The van der Waals surface area contributed by atoms with Crippen LogP contribution in [0.25, 0.3) is 0 Å². The van der Waals surface area contributed by atoms with Crippen LogP contribution in [0.1, 0.15) is 11.1 Å². The van der Waals surface area contributed by atoms with Gasteiger partial charge in [0.15, 0.2) is 11.6 Å². The number of aromatic nitrogens is 2. The molecule has 1 saturated heterocycles. The average molecular weight is 491 g/mol. The van der Waals surface area contributed by atoms with Crippen LogP contribution in [0.15, 0.2) is 47.3 Å². The van der Waals surface area contributed by atoms with Crippen LogP contribution in [0.5, 0.6) is 17.6 Å². The minimum absolute atomic E-state index is 0.0308. The van der Waals surface area contributed by atoms with Gasteiger partial charge >= 0.3 is 12.2 Å². The van der Waals surface area contributed by atoms with Crippen molar-refractivity contribution in [2.24, 2.45) is 0 Å². The van der Waals surface area contributed by atoms with E-state index in [0.717, 1.165) is 0 Å². The van der Waals surface area contributed by atoms with Crippen molar-refractivity contribution in [3.8, 4) is 17.6 Å². The maximum absolute atomic E-state index is 15.1. The summed E-state index contributed by atoms with van der Waals surface area (Å²) in [6, 6.07) is 6.28. The number of amides is 1. The number of nitrogens with zero attached hydrogens (tertiary/aromatic N) is 3. The fourth-order valence-corrected chi connectivity index (χ4v) is 4.21. The van der Waals surface area contributed by atoms with Crippen molar-refractivity contribution < 1.29 is 36.2 Å². The predicted molar refractivity (Wildman–Crippen MR) is 113 cm³/mol. The van der Waals surface area contributed by atoms with Crippen molar-refractivity contribution >= 4 is 22.1 Å². The molecule has 1 amide bonds. The molecule has 178 valence electrons. The zero-order valence-electron chi connectivity index (χ0n) is 17.6. The molecule has 1 spiro atoms. The molecule has 34 heavy (non-hydrogen) atoms. The number of anilines is 1. The first-order valence-electron chi connectivity index (χ1n) is 9.95. The number of fused-ring (bicyclic) bond motifs is 2. The Morgan fingerprint density at radius 3 is 2.74 bits per heavy atom. The highest BCUT2D eigenvalue weighted by molar-refractivity contribution is 7.90. The summed E-state index contributed by atoms with van der Waals surface area (Å²) in [5.74, 6) is -0.791. The molecule has 2 N–H and O–H groups in total. The number of hydrogen-bond donors (Lipinski definition) is 2. The normalized spacial score (nSPS) is 16.5. The van der Waals surface area contributed by atoms with Crippen molar-refractivity contribution in [3.63, 3.8) is 0 Å². The molecule has 0 radical (unpaired) electrons. The molecule has 0 atom stereocenters. The summed E-state index contributed by atoms with van der Waals surface area (Å²) >= 11 is 0. The lowest BCUT2D eigenvalue weighted by atomic mass is 9.84. The minimum atomic E-state index is -3.99. The number of rotatable bonds is 7. The van der Waals surface area contributed by atoms with Gasteiger partial charge in [-0.05, 0) is 18.2 Å².